The predicted molar refractivity (Wildman–Crippen MR) is 95.2 cm³/mol. The van der Waals surface area contributed by atoms with E-state index in [-0.39, 0.29) is 12.1 Å². The third-order valence-corrected chi connectivity index (χ3v) is 4.58. The maximum atomic E-state index is 13.2. The van der Waals surface area contributed by atoms with Gasteiger partial charge in [-0.05, 0) is 62.9 Å². The number of nitrogens with zero attached hydrogens (tertiary/aromatic N) is 1. The van der Waals surface area contributed by atoms with Crippen molar-refractivity contribution in [3.63, 3.8) is 0 Å². The first-order valence-corrected chi connectivity index (χ1v) is 8.93. The van der Waals surface area contributed by atoms with E-state index in [1.165, 1.54) is 6.07 Å². The molecule has 2 aliphatic rings. The van der Waals surface area contributed by atoms with Gasteiger partial charge in [0.05, 0.1) is 30.9 Å². The lowest BCUT2D eigenvalue weighted by Crippen LogP contribution is -2.57. The molecule has 0 saturated carbocycles. The van der Waals surface area contributed by atoms with Crippen molar-refractivity contribution in [3.8, 4) is 0 Å². The fraction of sp³-hybridized carbons (Fsp3) is 0.550. The van der Waals surface area contributed by atoms with Gasteiger partial charge >= 0.3 is 12.3 Å². The summed E-state index contributed by atoms with van der Waals surface area (Å²) in [6.45, 7) is 7.69. The molecule has 4 nitrogen and oxygen atoms in total. The van der Waals surface area contributed by atoms with Crippen molar-refractivity contribution in [2.24, 2.45) is 0 Å². The Bertz CT molecular complexity index is 765. The van der Waals surface area contributed by atoms with Crippen LogP contribution in [0.3, 0.4) is 0 Å². The first-order chi connectivity index (χ1) is 12.4. The average Bonchev–Trinajstić information content (AvgIpc) is 2.50. The van der Waals surface area contributed by atoms with Crippen molar-refractivity contribution >= 4 is 11.7 Å². The van der Waals surface area contributed by atoms with Crippen molar-refractivity contribution in [1.29, 1.82) is 0 Å². The number of hydrogen-bond donors (Lipinski definition) is 0. The Labute approximate surface area is 156 Å². The van der Waals surface area contributed by atoms with E-state index >= 15 is 0 Å². The molecule has 0 aliphatic carbocycles. The second kappa shape index (κ2) is 6.86. The van der Waals surface area contributed by atoms with E-state index in [9.17, 15) is 18.0 Å². The van der Waals surface area contributed by atoms with Gasteiger partial charge < -0.3 is 9.47 Å². The third kappa shape index (κ3) is 4.46. The molecule has 2 aliphatic heterocycles. The molecule has 0 spiro atoms. The van der Waals surface area contributed by atoms with Crippen LogP contribution in [0.1, 0.15) is 43.9 Å². The minimum atomic E-state index is -4.39. The van der Waals surface area contributed by atoms with E-state index in [0.29, 0.717) is 30.8 Å². The lowest BCUT2D eigenvalue weighted by atomic mass is 9.88. The third-order valence-electron chi connectivity index (χ3n) is 4.58. The number of alkyl halides is 3. The van der Waals surface area contributed by atoms with E-state index in [0.717, 1.165) is 11.6 Å². The Balaban J connectivity index is 1.92. The van der Waals surface area contributed by atoms with Crippen LogP contribution >= 0.6 is 0 Å². The maximum Gasteiger partial charge on any atom is 0.416 e. The van der Waals surface area contributed by atoms with Crippen LogP contribution in [-0.4, -0.2) is 41.9 Å². The molecule has 1 amide bonds. The SMILES string of the molecule is Cc1cc(C2=CC3COCC(C2)N3C(=O)OC(C)(C)C)cc(C(F)(F)F)c1. The highest BCUT2D eigenvalue weighted by atomic mass is 19.4. The molecule has 0 aromatic heterocycles. The Morgan fingerprint density at radius 1 is 1.19 bits per heavy atom. The molecule has 1 fully saturated rings. The number of morpholine rings is 1. The van der Waals surface area contributed by atoms with Crippen molar-refractivity contribution in [2.75, 3.05) is 13.2 Å². The standard InChI is InChI=1S/C20H24F3NO3/c1-12-5-13(7-15(6-12)20(21,22)23)14-8-16-10-26-11-17(9-14)24(16)18(25)27-19(2,3)4/h5-8,16-17H,9-11H2,1-4H3. The number of carbonyl (C=O) groups is 1. The van der Waals surface area contributed by atoms with Gasteiger partial charge in [-0.3, -0.25) is 4.90 Å². The quantitative estimate of drug-likeness (QED) is 0.699. The number of fused-ring (bicyclic) bond motifs is 2. The monoisotopic (exact) mass is 383 g/mol. The molecule has 2 unspecified atom stereocenters. The van der Waals surface area contributed by atoms with E-state index in [1.54, 1.807) is 38.7 Å². The first kappa shape index (κ1) is 19.7. The molecule has 1 aromatic carbocycles. The minimum Gasteiger partial charge on any atom is -0.444 e. The highest BCUT2D eigenvalue weighted by molar-refractivity contribution is 5.75. The van der Waals surface area contributed by atoms with Crippen molar-refractivity contribution < 1.29 is 27.4 Å². The zero-order valence-electron chi connectivity index (χ0n) is 15.9. The van der Waals surface area contributed by atoms with Gasteiger partial charge in [0.25, 0.3) is 0 Å². The molecule has 2 bridgehead atoms. The highest BCUT2D eigenvalue weighted by Gasteiger charge is 2.40. The molecule has 7 heteroatoms. The highest BCUT2D eigenvalue weighted by Crippen LogP contribution is 2.37. The number of rotatable bonds is 1. The van der Waals surface area contributed by atoms with Crippen LogP contribution in [0.25, 0.3) is 5.57 Å². The predicted octanol–water partition coefficient (Wildman–Crippen LogP) is 4.81. The summed E-state index contributed by atoms with van der Waals surface area (Å²) < 4.78 is 50.5. The maximum absolute atomic E-state index is 13.2. The number of carbonyl (C=O) groups excluding carboxylic acids is 1. The van der Waals surface area contributed by atoms with Crippen LogP contribution in [-0.2, 0) is 15.7 Å². The van der Waals surface area contributed by atoms with Gasteiger partial charge in [-0.15, -0.1) is 0 Å². The van der Waals surface area contributed by atoms with Gasteiger partial charge in [0, 0.05) is 0 Å². The van der Waals surface area contributed by atoms with Gasteiger partial charge in [0.1, 0.15) is 5.60 Å². The van der Waals surface area contributed by atoms with E-state index < -0.39 is 23.4 Å². The summed E-state index contributed by atoms with van der Waals surface area (Å²) in [6.07, 6.45) is -2.56. The molecule has 2 heterocycles. The normalized spacial score (nSPS) is 23.1. The van der Waals surface area contributed by atoms with Gasteiger partial charge in [-0.1, -0.05) is 12.1 Å². The molecule has 0 radical (unpaired) electrons. The lowest BCUT2D eigenvalue weighted by Gasteiger charge is -2.44. The van der Waals surface area contributed by atoms with Crippen LogP contribution in [0.5, 0.6) is 0 Å². The van der Waals surface area contributed by atoms with E-state index in [1.807, 2.05) is 6.08 Å². The zero-order chi connectivity index (χ0) is 20.0. The van der Waals surface area contributed by atoms with Crippen molar-refractivity contribution in [1.82, 2.24) is 4.90 Å². The fourth-order valence-corrected chi connectivity index (χ4v) is 3.54. The Morgan fingerprint density at radius 2 is 1.89 bits per heavy atom. The summed E-state index contributed by atoms with van der Waals surface area (Å²) in [4.78, 5) is 14.2. The Hall–Kier alpha value is -2.02. The molecular weight excluding hydrogens is 359 g/mol. The lowest BCUT2D eigenvalue weighted by molar-refractivity contribution is -0.137. The minimum absolute atomic E-state index is 0.256. The topological polar surface area (TPSA) is 38.8 Å². The number of halogens is 3. The number of benzene rings is 1. The Morgan fingerprint density at radius 3 is 2.48 bits per heavy atom. The summed E-state index contributed by atoms with van der Waals surface area (Å²) >= 11 is 0. The van der Waals surface area contributed by atoms with Gasteiger partial charge in [0.2, 0.25) is 0 Å². The van der Waals surface area contributed by atoms with Crippen LogP contribution in [0.4, 0.5) is 18.0 Å². The molecule has 148 valence electrons. The van der Waals surface area contributed by atoms with Crippen molar-refractivity contribution in [3.05, 3.63) is 41.0 Å². The zero-order valence-corrected chi connectivity index (χ0v) is 15.9. The molecule has 27 heavy (non-hydrogen) atoms. The van der Waals surface area contributed by atoms with Crippen LogP contribution in [0.15, 0.2) is 24.3 Å². The van der Waals surface area contributed by atoms with Crippen LogP contribution in [0.2, 0.25) is 0 Å². The number of amides is 1. The van der Waals surface area contributed by atoms with E-state index in [4.69, 9.17) is 9.47 Å². The molecule has 2 atom stereocenters. The van der Waals surface area contributed by atoms with Crippen LogP contribution < -0.4 is 0 Å². The summed E-state index contributed by atoms with van der Waals surface area (Å²) in [5.41, 5.74) is 0.630. The van der Waals surface area contributed by atoms with E-state index in [2.05, 4.69) is 0 Å². The summed E-state index contributed by atoms with van der Waals surface area (Å²) in [7, 11) is 0. The summed E-state index contributed by atoms with van der Waals surface area (Å²) in [5, 5.41) is 0. The number of hydrogen-bond acceptors (Lipinski definition) is 3. The molecule has 1 aromatic rings. The van der Waals surface area contributed by atoms with Crippen molar-refractivity contribution in [2.45, 2.75) is 58.0 Å². The molecule has 1 saturated heterocycles. The van der Waals surface area contributed by atoms with Crippen LogP contribution in [0, 0.1) is 6.92 Å². The summed E-state index contributed by atoms with van der Waals surface area (Å²) in [6, 6.07) is 3.47. The first-order valence-electron chi connectivity index (χ1n) is 8.93. The second-order valence-electron chi connectivity index (χ2n) is 8.13. The van der Waals surface area contributed by atoms with Gasteiger partial charge in [-0.2, -0.15) is 13.2 Å². The smallest absolute Gasteiger partial charge is 0.416 e. The molecule has 3 rings (SSSR count). The Kier molecular flexibility index (Phi) is 5.01. The number of aryl methyl sites for hydroxylation is 1. The number of ether oxygens (including phenoxy) is 2. The second-order valence-corrected chi connectivity index (χ2v) is 8.13. The van der Waals surface area contributed by atoms with Gasteiger partial charge in [0.15, 0.2) is 0 Å². The molecule has 0 N–H and O–H groups in total. The summed E-state index contributed by atoms with van der Waals surface area (Å²) in [5.74, 6) is 0. The average molecular weight is 383 g/mol. The molecular formula is C20H24F3NO3. The largest absolute Gasteiger partial charge is 0.444 e. The van der Waals surface area contributed by atoms with Gasteiger partial charge in [-0.25, -0.2) is 4.79 Å². The fourth-order valence-electron chi connectivity index (χ4n) is 3.54.